The molecular weight excluding hydrogens is 262 g/mol. The van der Waals surface area contributed by atoms with Crippen LogP contribution in [0.5, 0.6) is 0 Å². The predicted octanol–water partition coefficient (Wildman–Crippen LogP) is 1.25. The highest BCUT2D eigenvalue weighted by atomic mass is 35.6. The summed E-state index contributed by atoms with van der Waals surface area (Å²) in [7, 11) is 2.94. The van der Waals surface area contributed by atoms with Gasteiger partial charge in [-0.3, -0.25) is 9.59 Å². The van der Waals surface area contributed by atoms with E-state index in [1.807, 2.05) is 0 Å². The molecule has 0 aromatic heterocycles. The predicted molar refractivity (Wildman–Crippen MR) is 60.9 cm³/mol. The first-order valence-electron chi connectivity index (χ1n) is 3.88. The highest BCUT2D eigenvalue weighted by Gasteiger charge is 2.32. The highest BCUT2D eigenvalue weighted by Crippen LogP contribution is 2.33. The van der Waals surface area contributed by atoms with E-state index in [0.717, 1.165) is 0 Å². The molecule has 0 aromatic carbocycles. The molecule has 0 bridgehead atoms. The van der Waals surface area contributed by atoms with E-state index in [4.69, 9.17) is 40.5 Å². The molecule has 0 heterocycles. The number of ketones is 1. The molecule has 15 heavy (non-hydrogen) atoms. The number of nitrogens with zero attached hydrogens (tertiary/aromatic N) is 1. The third kappa shape index (κ3) is 3.89. The maximum Gasteiger partial charge on any atom is 0.258 e. The molecule has 0 atom stereocenters. The first-order valence-corrected chi connectivity index (χ1v) is 5.02. The molecule has 4 nitrogen and oxygen atoms in total. The van der Waals surface area contributed by atoms with E-state index >= 15 is 0 Å². The van der Waals surface area contributed by atoms with E-state index in [-0.39, 0.29) is 11.3 Å². The second-order valence-corrected chi connectivity index (χ2v) is 5.32. The average Bonchev–Trinajstić information content (AvgIpc) is 2.01. The van der Waals surface area contributed by atoms with Crippen LogP contribution in [-0.2, 0) is 9.59 Å². The van der Waals surface area contributed by atoms with Crippen molar-refractivity contribution in [2.45, 2.75) is 10.7 Å². The van der Waals surface area contributed by atoms with Gasteiger partial charge in [-0.15, -0.1) is 0 Å². The van der Waals surface area contributed by atoms with Crippen LogP contribution in [0.25, 0.3) is 0 Å². The lowest BCUT2D eigenvalue weighted by atomic mass is 10.1. The number of rotatable bonds is 2. The first-order chi connectivity index (χ1) is 6.59. The van der Waals surface area contributed by atoms with Crippen LogP contribution in [0.1, 0.15) is 6.92 Å². The molecule has 0 saturated heterocycles. The summed E-state index contributed by atoms with van der Waals surface area (Å²) in [5.41, 5.74) is 4.78. The quantitative estimate of drug-likeness (QED) is 0.356. The van der Waals surface area contributed by atoms with Gasteiger partial charge >= 0.3 is 0 Å². The Hall–Kier alpha value is -0.450. The van der Waals surface area contributed by atoms with Gasteiger partial charge in [0.25, 0.3) is 5.91 Å². The molecule has 0 radical (unpaired) electrons. The number of hydrogen-bond acceptors (Lipinski definition) is 3. The van der Waals surface area contributed by atoms with E-state index in [0.29, 0.717) is 0 Å². The first kappa shape index (κ1) is 14.6. The molecule has 0 aromatic rings. The minimum Gasteiger partial charge on any atom is -0.398 e. The number of carbonyl (C=O) groups excluding carboxylic acids is 2. The topological polar surface area (TPSA) is 63.4 Å². The van der Waals surface area contributed by atoms with Crippen LogP contribution < -0.4 is 5.73 Å². The van der Waals surface area contributed by atoms with Crippen molar-refractivity contribution in [2.75, 3.05) is 14.1 Å². The van der Waals surface area contributed by atoms with Crippen LogP contribution in [-0.4, -0.2) is 34.5 Å². The number of carbonyl (C=O) groups is 2. The molecule has 0 aliphatic carbocycles. The summed E-state index contributed by atoms with van der Waals surface area (Å²) >= 11 is 16.5. The molecule has 7 heteroatoms. The molecule has 0 fully saturated rings. The Morgan fingerprint density at radius 3 is 1.80 bits per heavy atom. The number of Topliss-reactive ketones (excluding diaryl/α,β-unsaturated/α-hetero) is 1. The van der Waals surface area contributed by atoms with Crippen LogP contribution >= 0.6 is 34.8 Å². The Balaban J connectivity index is 5.52. The summed E-state index contributed by atoms with van der Waals surface area (Å²) in [5, 5.41) is 0. The molecule has 1 amide bonds. The Bertz CT molecular complexity index is 318. The van der Waals surface area contributed by atoms with Crippen molar-refractivity contribution in [1.29, 1.82) is 0 Å². The third-order valence-electron chi connectivity index (χ3n) is 1.55. The molecule has 0 spiro atoms. The molecule has 0 saturated carbocycles. The Kier molecular flexibility index (Phi) is 4.90. The van der Waals surface area contributed by atoms with Gasteiger partial charge in [0, 0.05) is 14.1 Å². The van der Waals surface area contributed by atoms with E-state index in [1.54, 1.807) is 0 Å². The lowest BCUT2D eigenvalue weighted by Gasteiger charge is -2.18. The zero-order chi connectivity index (χ0) is 12.4. The smallest absolute Gasteiger partial charge is 0.258 e. The zero-order valence-corrected chi connectivity index (χ0v) is 10.7. The number of alkyl halides is 3. The maximum atomic E-state index is 11.6. The molecule has 0 aliphatic rings. The second kappa shape index (κ2) is 5.05. The monoisotopic (exact) mass is 272 g/mol. The van der Waals surface area contributed by atoms with Crippen LogP contribution in [0.4, 0.5) is 0 Å². The van der Waals surface area contributed by atoms with Gasteiger partial charge in [-0.2, -0.15) is 0 Å². The Labute approximate surface area is 103 Å². The van der Waals surface area contributed by atoms with Crippen molar-refractivity contribution in [2.24, 2.45) is 5.73 Å². The van der Waals surface area contributed by atoms with E-state index in [2.05, 4.69) is 0 Å². The van der Waals surface area contributed by atoms with Crippen molar-refractivity contribution in [1.82, 2.24) is 4.90 Å². The van der Waals surface area contributed by atoms with Gasteiger partial charge in [0.2, 0.25) is 3.79 Å². The SMILES string of the molecule is CC(=O)/C(C(=O)N(C)C)=C(/N)C(Cl)(Cl)Cl. The van der Waals surface area contributed by atoms with Crippen molar-refractivity contribution < 1.29 is 9.59 Å². The lowest BCUT2D eigenvalue weighted by Crippen LogP contribution is -2.32. The highest BCUT2D eigenvalue weighted by molar-refractivity contribution is 6.69. The molecular formula is C8H11Cl3N2O2. The van der Waals surface area contributed by atoms with Crippen LogP contribution in [0.2, 0.25) is 0 Å². The lowest BCUT2D eigenvalue weighted by molar-refractivity contribution is -0.127. The normalized spacial score (nSPS) is 13.2. The minimum absolute atomic E-state index is 0.306. The number of hydrogen-bond donors (Lipinski definition) is 1. The Morgan fingerprint density at radius 1 is 1.20 bits per heavy atom. The zero-order valence-electron chi connectivity index (χ0n) is 8.47. The number of nitrogens with two attached hydrogens (primary N) is 1. The summed E-state index contributed by atoms with van der Waals surface area (Å²) < 4.78 is -1.97. The molecule has 0 unspecified atom stereocenters. The summed E-state index contributed by atoms with van der Waals surface area (Å²) in [5.74, 6) is -1.14. The fraction of sp³-hybridized carbons (Fsp3) is 0.500. The van der Waals surface area contributed by atoms with Gasteiger partial charge in [-0.05, 0) is 6.92 Å². The van der Waals surface area contributed by atoms with Gasteiger partial charge in [0.15, 0.2) is 5.78 Å². The van der Waals surface area contributed by atoms with Gasteiger partial charge < -0.3 is 10.6 Å². The molecule has 86 valence electrons. The number of allylic oxidation sites excluding steroid dienone is 1. The van der Waals surface area contributed by atoms with Crippen molar-refractivity contribution >= 4 is 46.5 Å². The Morgan fingerprint density at radius 2 is 1.60 bits per heavy atom. The van der Waals surface area contributed by atoms with E-state index in [9.17, 15) is 9.59 Å². The summed E-state index contributed by atoms with van der Waals surface area (Å²) in [6, 6.07) is 0. The maximum absolute atomic E-state index is 11.6. The van der Waals surface area contributed by atoms with Crippen LogP contribution in [0.3, 0.4) is 0 Å². The third-order valence-corrected chi connectivity index (χ3v) is 2.16. The summed E-state index contributed by atoms with van der Waals surface area (Å²) in [6.07, 6.45) is 0. The largest absolute Gasteiger partial charge is 0.398 e. The molecule has 2 N–H and O–H groups in total. The second-order valence-electron chi connectivity index (χ2n) is 3.04. The van der Waals surface area contributed by atoms with Crippen LogP contribution in [0, 0.1) is 0 Å². The fourth-order valence-electron chi connectivity index (χ4n) is 0.821. The summed E-state index contributed by atoms with van der Waals surface area (Å²) in [6.45, 7) is 1.18. The number of amides is 1. The molecule has 0 aliphatic heterocycles. The van der Waals surface area contributed by atoms with Gasteiger partial charge in [-0.25, -0.2) is 0 Å². The standard InChI is InChI=1S/C8H11Cl3N2O2/c1-4(14)5(7(15)13(2)3)6(12)8(9,10)11/h12H2,1-3H3/b6-5-. The number of halogens is 3. The minimum atomic E-state index is -1.97. The fourth-order valence-corrected chi connectivity index (χ4v) is 1.10. The van der Waals surface area contributed by atoms with E-state index < -0.39 is 15.5 Å². The van der Waals surface area contributed by atoms with Crippen molar-refractivity contribution in [3.05, 3.63) is 11.3 Å². The summed E-state index contributed by atoms with van der Waals surface area (Å²) in [4.78, 5) is 24.0. The average molecular weight is 274 g/mol. The molecule has 0 rings (SSSR count). The van der Waals surface area contributed by atoms with Gasteiger partial charge in [0.1, 0.15) is 5.57 Å². The van der Waals surface area contributed by atoms with Crippen molar-refractivity contribution in [3.8, 4) is 0 Å². The van der Waals surface area contributed by atoms with Crippen molar-refractivity contribution in [3.63, 3.8) is 0 Å². The van der Waals surface area contributed by atoms with E-state index in [1.165, 1.54) is 25.9 Å². The van der Waals surface area contributed by atoms with Gasteiger partial charge in [-0.1, -0.05) is 34.8 Å². The van der Waals surface area contributed by atoms with Crippen LogP contribution in [0.15, 0.2) is 11.3 Å². The number of likely N-dealkylation sites (N-methyl/N-ethyl adjacent to an activating group) is 1. The van der Waals surface area contributed by atoms with Gasteiger partial charge in [0.05, 0.1) is 5.70 Å².